The number of carbonyl (C=O) groups is 3. The third-order valence-corrected chi connectivity index (χ3v) is 4.24. The maximum atomic E-state index is 12.3. The van der Waals surface area contributed by atoms with Crippen molar-refractivity contribution in [3.8, 4) is 0 Å². The van der Waals surface area contributed by atoms with Gasteiger partial charge in [0.15, 0.2) is 6.29 Å². The molecular formula is C21H18N2O3. The molecule has 1 atom stereocenters. The van der Waals surface area contributed by atoms with Crippen molar-refractivity contribution in [2.75, 3.05) is 0 Å². The second-order valence-electron chi connectivity index (χ2n) is 5.99. The molecule has 5 heteroatoms. The van der Waals surface area contributed by atoms with E-state index in [2.05, 4.69) is 5.32 Å². The van der Waals surface area contributed by atoms with Crippen LogP contribution >= 0.6 is 0 Å². The smallest absolute Gasteiger partial charge is 0.307 e. The quantitative estimate of drug-likeness (QED) is 0.844. The summed E-state index contributed by atoms with van der Waals surface area (Å²) in [6.07, 6.45) is 4.63. The number of amides is 3. The van der Waals surface area contributed by atoms with Gasteiger partial charge < -0.3 is 5.32 Å². The Kier molecular flexibility index (Phi) is 5.08. The molecule has 0 aromatic heterocycles. The SMILES string of the molecule is Cc1ccc(/C=C/C2=C(C=O)C(c3ccccc3)N(C=O)C(=O)N2)cc1. The molecule has 2 aromatic rings. The lowest BCUT2D eigenvalue weighted by molar-refractivity contribution is -0.117. The highest BCUT2D eigenvalue weighted by Crippen LogP contribution is 2.31. The molecule has 1 N–H and O–H groups in total. The van der Waals surface area contributed by atoms with Crippen molar-refractivity contribution in [1.82, 2.24) is 10.2 Å². The van der Waals surface area contributed by atoms with Gasteiger partial charge >= 0.3 is 6.03 Å². The lowest BCUT2D eigenvalue weighted by Crippen LogP contribution is -2.46. The van der Waals surface area contributed by atoms with Gasteiger partial charge in [0.25, 0.3) is 0 Å². The molecule has 3 amide bonds. The molecule has 3 rings (SSSR count). The second kappa shape index (κ2) is 7.61. The summed E-state index contributed by atoms with van der Waals surface area (Å²) in [4.78, 5) is 36.6. The van der Waals surface area contributed by atoms with Crippen molar-refractivity contribution in [3.63, 3.8) is 0 Å². The normalized spacial score (nSPS) is 17.3. The van der Waals surface area contributed by atoms with Crippen molar-refractivity contribution in [3.05, 3.63) is 88.6 Å². The van der Waals surface area contributed by atoms with E-state index in [9.17, 15) is 14.4 Å². The Morgan fingerprint density at radius 2 is 1.65 bits per heavy atom. The number of hydrogen-bond acceptors (Lipinski definition) is 3. The Morgan fingerprint density at radius 3 is 2.27 bits per heavy atom. The zero-order valence-electron chi connectivity index (χ0n) is 14.3. The van der Waals surface area contributed by atoms with Gasteiger partial charge in [-0.25, -0.2) is 4.79 Å². The van der Waals surface area contributed by atoms with E-state index in [4.69, 9.17) is 0 Å². The first-order valence-electron chi connectivity index (χ1n) is 8.17. The molecule has 0 fully saturated rings. The first kappa shape index (κ1) is 17.4. The average molecular weight is 346 g/mol. The molecule has 26 heavy (non-hydrogen) atoms. The Labute approximate surface area is 151 Å². The third-order valence-electron chi connectivity index (χ3n) is 4.24. The van der Waals surface area contributed by atoms with E-state index in [0.717, 1.165) is 16.0 Å². The van der Waals surface area contributed by atoms with E-state index < -0.39 is 12.1 Å². The monoisotopic (exact) mass is 346 g/mol. The molecule has 5 nitrogen and oxygen atoms in total. The topological polar surface area (TPSA) is 66.5 Å². The van der Waals surface area contributed by atoms with E-state index in [1.807, 2.05) is 43.3 Å². The molecule has 1 unspecified atom stereocenters. The first-order chi connectivity index (χ1) is 12.6. The molecule has 1 aliphatic heterocycles. The fourth-order valence-electron chi connectivity index (χ4n) is 2.87. The van der Waals surface area contributed by atoms with Crippen LogP contribution in [0.15, 0.2) is 71.9 Å². The molecule has 2 aromatic carbocycles. The molecule has 0 bridgehead atoms. The van der Waals surface area contributed by atoms with Gasteiger partial charge in [0.2, 0.25) is 6.41 Å². The summed E-state index contributed by atoms with van der Waals surface area (Å²) in [5.74, 6) is 0. The summed E-state index contributed by atoms with van der Waals surface area (Å²) in [6.45, 7) is 2.00. The largest absolute Gasteiger partial charge is 0.329 e. The lowest BCUT2D eigenvalue weighted by Gasteiger charge is -2.33. The number of allylic oxidation sites excluding steroid dienone is 1. The van der Waals surface area contributed by atoms with Gasteiger partial charge in [0.1, 0.15) is 0 Å². The third kappa shape index (κ3) is 3.47. The van der Waals surface area contributed by atoms with Crippen LogP contribution in [0.2, 0.25) is 0 Å². The number of benzene rings is 2. The second-order valence-corrected chi connectivity index (χ2v) is 5.99. The molecule has 0 aliphatic carbocycles. The minimum atomic E-state index is -0.752. The lowest BCUT2D eigenvalue weighted by atomic mass is 9.94. The molecule has 0 saturated heterocycles. The molecule has 1 aliphatic rings. The van der Waals surface area contributed by atoms with E-state index in [0.29, 0.717) is 29.5 Å². The van der Waals surface area contributed by atoms with E-state index in [1.165, 1.54) is 0 Å². The summed E-state index contributed by atoms with van der Waals surface area (Å²) in [5, 5.41) is 2.62. The van der Waals surface area contributed by atoms with Gasteiger partial charge in [0, 0.05) is 5.57 Å². The Balaban J connectivity index is 2.04. The van der Waals surface area contributed by atoms with Crippen LogP contribution in [0, 0.1) is 6.92 Å². The van der Waals surface area contributed by atoms with Crippen LogP contribution < -0.4 is 5.32 Å². The van der Waals surface area contributed by atoms with Crippen molar-refractivity contribution in [1.29, 1.82) is 0 Å². The number of imide groups is 1. The molecule has 0 saturated carbocycles. The number of aldehydes is 1. The van der Waals surface area contributed by atoms with Gasteiger partial charge in [0.05, 0.1) is 11.7 Å². The van der Waals surface area contributed by atoms with Crippen LogP contribution in [-0.4, -0.2) is 23.6 Å². The van der Waals surface area contributed by atoms with Gasteiger partial charge in [-0.1, -0.05) is 66.2 Å². The molecular weight excluding hydrogens is 328 g/mol. The number of aryl methyl sites for hydroxylation is 1. The predicted molar refractivity (Wildman–Crippen MR) is 98.9 cm³/mol. The molecule has 1 heterocycles. The van der Waals surface area contributed by atoms with Crippen molar-refractivity contribution < 1.29 is 14.4 Å². The predicted octanol–water partition coefficient (Wildman–Crippen LogP) is 3.38. The number of urea groups is 1. The number of carbonyl (C=O) groups excluding carboxylic acids is 3. The van der Waals surface area contributed by atoms with Gasteiger partial charge in [-0.05, 0) is 24.1 Å². The average Bonchev–Trinajstić information content (AvgIpc) is 2.67. The minimum Gasteiger partial charge on any atom is -0.307 e. The standard InChI is InChI=1S/C21H18N2O3/c1-15-7-9-16(10-8-15)11-12-19-18(13-24)20(17-5-3-2-4-6-17)23(14-25)21(26)22-19/h2-14,20H,1H3,(H,22,26)/b12-11+. The number of rotatable bonds is 5. The fraction of sp³-hybridized carbons (Fsp3) is 0.0952. The zero-order valence-corrected chi connectivity index (χ0v) is 14.3. The van der Waals surface area contributed by atoms with Crippen molar-refractivity contribution in [2.45, 2.75) is 13.0 Å². The van der Waals surface area contributed by atoms with E-state index >= 15 is 0 Å². The zero-order chi connectivity index (χ0) is 18.5. The molecule has 0 radical (unpaired) electrons. The summed E-state index contributed by atoms with van der Waals surface area (Å²) in [5.41, 5.74) is 3.49. The van der Waals surface area contributed by atoms with Gasteiger partial charge in [-0.15, -0.1) is 0 Å². The van der Waals surface area contributed by atoms with Gasteiger partial charge in [-0.3, -0.25) is 14.5 Å². The summed E-state index contributed by atoms with van der Waals surface area (Å²) in [7, 11) is 0. The van der Waals surface area contributed by atoms with Crippen LogP contribution in [0.25, 0.3) is 6.08 Å². The number of nitrogens with zero attached hydrogens (tertiary/aromatic N) is 1. The summed E-state index contributed by atoms with van der Waals surface area (Å²) >= 11 is 0. The Hall–Kier alpha value is -3.47. The number of hydrogen-bond donors (Lipinski definition) is 1. The minimum absolute atomic E-state index is 0.325. The highest BCUT2D eigenvalue weighted by molar-refractivity contribution is 5.94. The fourth-order valence-corrected chi connectivity index (χ4v) is 2.87. The van der Waals surface area contributed by atoms with Crippen molar-refractivity contribution in [2.24, 2.45) is 0 Å². The van der Waals surface area contributed by atoms with E-state index in [-0.39, 0.29) is 0 Å². The van der Waals surface area contributed by atoms with Crippen LogP contribution in [0.5, 0.6) is 0 Å². The Bertz CT molecular complexity index is 883. The van der Waals surface area contributed by atoms with E-state index in [1.54, 1.807) is 30.3 Å². The first-order valence-corrected chi connectivity index (χ1v) is 8.17. The summed E-state index contributed by atoms with van der Waals surface area (Å²) < 4.78 is 0. The number of nitrogens with one attached hydrogen (secondary N) is 1. The maximum Gasteiger partial charge on any atom is 0.329 e. The Morgan fingerprint density at radius 1 is 0.962 bits per heavy atom. The van der Waals surface area contributed by atoms with Gasteiger partial charge in [-0.2, -0.15) is 0 Å². The maximum absolute atomic E-state index is 12.3. The van der Waals surface area contributed by atoms with Crippen LogP contribution in [0.1, 0.15) is 22.7 Å². The summed E-state index contributed by atoms with van der Waals surface area (Å²) in [6, 6.07) is 15.5. The molecule has 130 valence electrons. The van der Waals surface area contributed by atoms with Crippen LogP contribution in [0.4, 0.5) is 4.79 Å². The van der Waals surface area contributed by atoms with Crippen LogP contribution in [-0.2, 0) is 9.59 Å². The highest BCUT2D eigenvalue weighted by atomic mass is 16.2. The highest BCUT2D eigenvalue weighted by Gasteiger charge is 2.34. The van der Waals surface area contributed by atoms with Crippen LogP contribution in [0.3, 0.4) is 0 Å². The molecule has 0 spiro atoms. The van der Waals surface area contributed by atoms with Crippen molar-refractivity contribution >= 4 is 24.8 Å².